The second-order valence-electron chi connectivity index (χ2n) is 11.7. The highest BCUT2D eigenvalue weighted by Gasteiger charge is 2.30. The summed E-state index contributed by atoms with van der Waals surface area (Å²) >= 11 is 0. The van der Waals surface area contributed by atoms with Crippen molar-refractivity contribution in [3.8, 4) is 11.8 Å². The SMILES string of the molecule is CC(C)(C)OC(=O)N1CCC(COc2ccc(C3=CCC(C(=O)N4CCC(C#N)CC4)CC3)cc2)CC1. The van der Waals surface area contributed by atoms with Crippen molar-refractivity contribution in [1.29, 1.82) is 5.26 Å². The van der Waals surface area contributed by atoms with Crippen LogP contribution in [0.4, 0.5) is 4.79 Å². The van der Waals surface area contributed by atoms with Gasteiger partial charge in [-0.15, -0.1) is 0 Å². The lowest BCUT2D eigenvalue weighted by molar-refractivity contribution is -0.136. The summed E-state index contributed by atoms with van der Waals surface area (Å²) in [5.74, 6) is 1.72. The lowest BCUT2D eigenvalue weighted by Gasteiger charge is -2.33. The van der Waals surface area contributed by atoms with Crippen LogP contribution in [0.1, 0.15) is 71.3 Å². The van der Waals surface area contributed by atoms with Crippen LogP contribution in [0.2, 0.25) is 0 Å². The highest BCUT2D eigenvalue weighted by molar-refractivity contribution is 5.81. The van der Waals surface area contributed by atoms with Gasteiger partial charge in [-0.25, -0.2) is 4.79 Å². The molecule has 7 nitrogen and oxygen atoms in total. The van der Waals surface area contributed by atoms with Gasteiger partial charge in [-0.2, -0.15) is 5.26 Å². The molecule has 2 saturated heterocycles. The Morgan fingerprint density at radius 1 is 0.973 bits per heavy atom. The van der Waals surface area contributed by atoms with E-state index in [0.29, 0.717) is 38.7 Å². The van der Waals surface area contributed by atoms with Crippen molar-refractivity contribution in [1.82, 2.24) is 9.80 Å². The summed E-state index contributed by atoms with van der Waals surface area (Å²) in [6.45, 7) is 9.17. The predicted molar refractivity (Wildman–Crippen MR) is 143 cm³/mol. The molecule has 7 heteroatoms. The highest BCUT2D eigenvalue weighted by Crippen LogP contribution is 2.33. The molecular weight excluding hydrogens is 466 g/mol. The molecule has 37 heavy (non-hydrogen) atoms. The molecular formula is C30H41N3O4. The Morgan fingerprint density at radius 2 is 1.62 bits per heavy atom. The molecule has 2 fully saturated rings. The third kappa shape index (κ3) is 7.50. The Labute approximate surface area is 221 Å². The van der Waals surface area contributed by atoms with E-state index in [2.05, 4.69) is 24.3 Å². The van der Waals surface area contributed by atoms with Crippen LogP contribution in [0.3, 0.4) is 0 Å². The molecule has 1 aromatic carbocycles. The molecule has 0 bridgehead atoms. The van der Waals surface area contributed by atoms with Gasteiger partial charge in [0.25, 0.3) is 0 Å². The number of ether oxygens (including phenoxy) is 2. The monoisotopic (exact) mass is 507 g/mol. The quantitative estimate of drug-likeness (QED) is 0.514. The number of piperidine rings is 2. The van der Waals surface area contributed by atoms with Gasteiger partial charge < -0.3 is 19.3 Å². The zero-order valence-electron chi connectivity index (χ0n) is 22.6. The first-order valence-electron chi connectivity index (χ1n) is 13.8. The van der Waals surface area contributed by atoms with Crippen molar-refractivity contribution in [3.63, 3.8) is 0 Å². The van der Waals surface area contributed by atoms with E-state index in [1.165, 1.54) is 11.1 Å². The average molecular weight is 508 g/mol. The summed E-state index contributed by atoms with van der Waals surface area (Å²) in [4.78, 5) is 28.9. The summed E-state index contributed by atoms with van der Waals surface area (Å²) in [5, 5.41) is 9.08. The summed E-state index contributed by atoms with van der Waals surface area (Å²) in [6, 6.07) is 10.6. The Bertz CT molecular complexity index is 1000. The van der Waals surface area contributed by atoms with Gasteiger partial charge in [-0.3, -0.25) is 4.79 Å². The number of nitrogens with zero attached hydrogens (tertiary/aromatic N) is 3. The fourth-order valence-electron chi connectivity index (χ4n) is 5.40. The van der Waals surface area contributed by atoms with Gasteiger partial charge in [0.15, 0.2) is 0 Å². The van der Waals surface area contributed by atoms with Crippen LogP contribution in [0.15, 0.2) is 30.3 Å². The molecule has 0 aromatic heterocycles. The lowest BCUT2D eigenvalue weighted by atomic mass is 9.85. The van der Waals surface area contributed by atoms with Crippen molar-refractivity contribution in [3.05, 3.63) is 35.9 Å². The molecule has 0 N–H and O–H groups in total. The van der Waals surface area contributed by atoms with Crippen molar-refractivity contribution >= 4 is 17.6 Å². The van der Waals surface area contributed by atoms with Crippen LogP contribution in [0.5, 0.6) is 5.75 Å². The molecule has 1 atom stereocenters. The minimum atomic E-state index is -0.466. The van der Waals surface area contributed by atoms with Crippen molar-refractivity contribution < 1.29 is 19.1 Å². The number of likely N-dealkylation sites (tertiary alicyclic amines) is 2. The Balaban J connectivity index is 1.20. The fraction of sp³-hybridized carbons (Fsp3) is 0.633. The number of nitriles is 1. The van der Waals surface area contributed by atoms with Crippen molar-refractivity contribution in [2.45, 2.75) is 71.3 Å². The number of benzene rings is 1. The minimum Gasteiger partial charge on any atom is -0.493 e. The number of hydrogen-bond donors (Lipinski definition) is 0. The largest absolute Gasteiger partial charge is 0.493 e. The first-order valence-corrected chi connectivity index (χ1v) is 13.8. The smallest absolute Gasteiger partial charge is 0.410 e. The molecule has 2 amide bonds. The number of rotatable bonds is 5. The maximum Gasteiger partial charge on any atom is 0.410 e. The summed E-state index contributed by atoms with van der Waals surface area (Å²) in [5.41, 5.74) is 2.03. The standard InChI is InChI=1S/C30H41N3O4/c1-30(2,3)37-29(35)33-18-14-23(15-19-33)21-36-27-10-8-25(9-11-27)24-4-6-26(7-5-24)28(34)32-16-12-22(20-31)13-17-32/h4,8-11,22-23,26H,5-7,12-19,21H2,1-3H3. The van der Waals surface area contributed by atoms with E-state index in [4.69, 9.17) is 14.7 Å². The number of carbonyl (C=O) groups is 2. The molecule has 200 valence electrons. The van der Waals surface area contributed by atoms with Crippen LogP contribution < -0.4 is 4.74 Å². The summed E-state index contributed by atoms with van der Waals surface area (Å²) < 4.78 is 11.5. The first kappa shape index (κ1) is 27.0. The predicted octanol–water partition coefficient (Wildman–Crippen LogP) is 5.66. The molecule has 0 spiro atoms. The Kier molecular flexibility index (Phi) is 8.79. The second kappa shape index (κ2) is 12.0. The molecule has 3 aliphatic rings. The Hall–Kier alpha value is -3.01. The van der Waals surface area contributed by atoms with E-state index < -0.39 is 5.60 Å². The molecule has 1 unspecified atom stereocenters. The van der Waals surface area contributed by atoms with Gasteiger partial charge in [-0.05, 0) is 94.9 Å². The molecule has 1 aromatic rings. The fourth-order valence-corrected chi connectivity index (χ4v) is 5.40. The van der Waals surface area contributed by atoms with Crippen molar-refractivity contribution in [2.24, 2.45) is 17.8 Å². The van der Waals surface area contributed by atoms with E-state index in [1.54, 1.807) is 4.90 Å². The average Bonchev–Trinajstić information content (AvgIpc) is 2.91. The van der Waals surface area contributed by atoms with Gasteiger partial charge >= 0.3 is 6.09 Å². The van der Waals surface area contributed by atoms with E-state index in [-0.39, 0.29) is 23.8 Å². The van der Waals surface area contributed by atoms with Gasteiger partial charge in [0.1, 0.15) is 11.4 Å². The maximum absolute atomic E-state index is 12.9. The van der Waals surface area contributed by atoms with Crippen LogP contribution in [-0.2, 0) is 9.53 Å². The number of amides is 2. The van der Waals surface area contributed by atoms with E-state index in [9.17, 15) is 9.59 Å². The maximum atomic E-state index is 12.9. The van der Waals surface area contributed by atoms with E-state index in [0.717, 1.165) is 50.7 Å². The van der Waals surface area contributed by atoms with E-state index in [1.807, 2.05) is 37.8 Å². The molecule has 2 heterocycles. The van der Waals surface area contributed by atoms with Crippen LogP contribution >= 0.6 is 0 Å². The molecule has 2 aliphatic heterocycles. The summed E-state index contributed by atoms with van der Waals surface area (Å²) in [6.07, 6.45) is 8.00. The summed E-state index contributed by atoms with van der Waals surface area (Å²) in [7, 11) is 0. The van der Waals surface area contributed by atoms with Gasteiger partial charge in [0.2, 0.25) is 5.91 Å². The topological polar surface area (TPSA) is 82.9 Å². The zero-order valence-corrected chi connectivity index (χ0v) is 22.6. The van der Waals surface area contributed by atoms with Gasteiger partial charge in [0, 0.05) is 38.0 Å². The van der Waals surface area contributed by atoms with Gasteiger partial charge in [-0.1, -0.05) is 18.2 Å². The van der Waals surface area contributed by atoms with Gasteiger partial charge in [0.05, 0.1) is 12.7 Å². The first-order chi connectivity index (χ1) is 17.7. The molecule has 0 saturated carbocycles. The number of carbonyl (C=O) groups excluding carboxylic acids is 2. The third-order valence-electron chi connectivity index (χ3n) is 7.73. The van der Waals surface area contributed by atoms with Crippen LogP contribution in [0, 0.1) is 29.1 Å². The molecule has 4 rings (SSSR count). The highest BCUT2D eigenvalue weighted by atomic mass is 16.6. The second-order valence-corrected chi connectivity index (χ2v) is 11.7. The van der Waals surface area contributed by atoms with Crippen LogP contribution in [0.25, 0.3) is 5.57 Å². The molecule has 0 radical (unpaired) electrons. The lowest BCUT2D eigenvalue weighted by Crippen LogP contribution is -2.42. The minimum absolute atomic E-state index is 0.0618. The normalized spacial score (nSPS) is 21.7. The van der Waals surface area contributed by atoms with Crippen LogP contribution in [-0.4, -0.2) is 60.2 Å². The van der Waals surface area contributed by atoms with Crippen molar-refractivity contribution in [2.75, 3.05) is 32.8 Å². The molecule has 1 aliphatic carbocycles. The number of hydrogen-bond acceptors (Lipinski definition) is 5. The zero-order chi connectivity index (χ0) is 26.4. The van der Waals surface area contributed by atoms with E-state index >= 15 is 0 Å². The Morgan fingerprint density at radius 3 is 2.19 bits per heavy atom. The third-order valence-corrected chi connectivity index (χ3v) is 7.73. The number of allylic oxidation sites excluding steroid dienone is 2.